The maximum absolute atomic E-state index is 13.6. The van der Waals surface area contributed by atoms with Crippen molar-refractivity contribution in [2.24, 2.45) is 17.8 Å². The minimum Gasteiger partial charge on any atom is -0.381 e. The van der Waals surface area contributed by atoms with Crippen molar-refractivity contribution < 1.29 is 19.1 Å². The fraction of sp³-hybridized carbons (Fsp3) is 0.548. The predicted octanol–water partition coefficient (Wildman–Crippen LogP) is 9.00. The minimum absolute atomic E-state index is 0.154. The first-order valence-electron chi connectivity index (χ1n) is 27.8. The van der Waals surface area contributed by atoms with Gasteiger partial charge < -0.3 is 45.2 Å². The van der Waals surface area contributed by atoms with Gasteiger partial charge >= 0.3 is 0 Å². The summed E-state index contributed by atoms with van der Waals surface area (Å²) in [6.45, 7) is 25.3. The molecule has 0 atom stereocenters. The molecule has 0 unspecified atom stereocenters. The number of amides is 2. The van der Waals surface area contributed by atoms with Crippen molar-refractivity contribution in [2.45, 2.75) is 152 Å². The number of anilines is 2. The van der Waals surface area contributed by atoms with E-state index in [1.165, 1.54) is 12.8 Å². The number of nitrogens with zero attached hydrogens (tertiary/aromatic N) is 2. The Kier molecular flexibility index (Phi) is 20.4. The highest BCUT2D eigenvalue weighted by Crippen LogP contribution is 2.33. The van der Waals surface area contributed by atoms with Crippen molar-refractivity contribution in [3.8, 4) is 23.7 Å². The van der Waals surface area contributed by atoms with E-state index in [0.717, 1.165) is 166 Å². The third-order valence-electron chi connectivity index (χ3n) is 15.8. The van der Waals surface area contributed by atoms with Gasteiger partial charge in [-0.1, -0.05) is 30.6 Å². The van der Waals surface area contributed by atoms with Gasteiger partial charge in [0.1, 0.15) is 0 Å². The van der Waals surface area contributed by atoms with Crippen LogP contribution < -0.4 is 36.9 Å². The second-order valence-corrected chi connectivity index (χ2v) is 21.4. The Morgan fingerprint density at radius 1 is 0.573 bits per heavy atom. The summed E-state index contributed by atoms with van der Waals surface area (Å²) < 4.78 is 11.2. The Morgan fingerprint density at radius 2 is 0.973 bits per heavy atom. The predicted molar refractivity (Wildman–Crippen MR) is 302 cm³/mol. The smallest absolute Gasteiger partial charge is 0.253 e. The molecule has 402 valence electrons. The molecule has 4 fully saturated rings. The number of hydrogen-bond acceptors (Lipinski definition) is 9. The molecule has 3 aliphatic heterocycles. The normalized spacial score (nSPS) is 18.3. The SMILES string of the molecule is CCN(c1cc(C#CC2CCC(C)CC2)cc(C(=O)NCc2c(C)cc(C)[nH]c2=O)c1C)C1CCOCC1.CCN(c1cc(C#CC2CCNCC2)cc(C(=O)NCc2c(C)cc(C)[nH]c2=O)c1C)C1CCOCC1. The topological polar surface area (TPSA) is 161 Å². The summed E-state index contributed by atoms with van der Waals surface area (Å²) in [5, 5.41) is 9.40. The van der Waals surface area contributed by atoms with Crippen LogP contribution in [0.3, 0.4) is 0 Å². The lowest BCUT2D eigenvalue weighted by Gasteiger charge is -2.36. The van der Waals surface area contributed by atoms with Crippen LogP contribution in [0.1, 0.15) is 162 Å². The van der Waals surface area contributed by atoms with E-state index in [1.807, 2.05) is 65.8 Å². The van der Waals surface area contributed by atoms with E-state index in [9.17, 15) is 19.2 Å². The lowest BCUT2D eigenvalue weighted by molar-refractivity contribution is 0.0845. The number of aryl methyl sites for hydroxylation is 4. The number of rotatable bonds is 12. The number of benzene rings is 2. The van der Waals surface area contributed by atoms with Crippen LogP contribution in [-0.4, -0.2) is 86.5 Å². The van der Waals surface area contributed by atoms with Crippen LogP contribution in [0, 0.1) is 83.0 Å². The van der Waals surface area contributed by atoms with Crippen LogP contribution in [0.25, 0.3) is 0 Å². The summed E-state index contributed by atoms with van der Waals surface area (Å²) in [7, 11) is 0. The zero-order valence-electron chi connectivity index (χ0n) is 46.3. The van der Waals surface area contributed by atoms with Crippen LogP contribution in [0.2, 0.25) is 0 Å². The van der Waals surface area contributed by atoms with Crippen molar-refractivity contribution in [2.75, 3.05) is 62.4 Å². The Balaban J connectivity index is 0.000000219. The second-order valence-electron chi connectivity index (χ2n) is 21.4. The quantitative estimate of drug-likeness (QED) is 0.0873. The molecule has 5 heterocycles. The highest BCUT2D eigenvalue weighted by Gasteiger charge is 2.27. The summed E-state index contributed by atoms with van der Waals surface area (Å²) in [5.74, 6) is 15.0. The van der Waals surface area contributed by atoms with Crippen LogP contribution in [0.4, 0.5) is 11.4 Å². The van der Waals surface area contributed by atoms with Crippen molar-refractivity contribution in [1.82, 2.24) is 25.9 Å². The lowest BCUT2D eigenvalue weighted by Crippen LogP contribution is -2.40. The molecular weight excluding hydrogens is 939 g/mol. The monoisotopic (exact) mass is 1020 g/mol. The molecule has 13 heteroatoms. The van der Waals surface area contributed by atoms with Gasteiger partial charge in [0.25, 0.3) is 22.9 Å². The van der Waals surface area contributed by atoms with E-state index in [-0.39, 0.29) is 36.0 Å². The van der Waals surface area contributed by atoms with Crippen LogP contribution in [0.5, 0.6) is 0 Å². The summed E-state index contributed by atoms with van der Waals surface area (Å²) in [4.78, 5) is 62.5. The highest BCUT2D eigenvalue weighted by atomic mass is 16.5. The lowest BCUT2D eigenvalue weighted by atomic mass is 9.83. The molecule has 2 amide bonds. The zero-order chi connectivity index (χ0) is 53.6. The highest BCUT2D eigenvalue weighted by molar-refractivity contribution is 5.98. The van der Waals surface area contributed by atoms with Gasteiger partial charge in [0.05, 0.1) is 0 Å². The van der Waals surface area contributed by atoms with E-state index >= 15 is 0 Å². The van der Waals surface area contributed by atoms with Crippen LogP contribution >= 0.6 is 0 Å². The first-order valence-corrected chi connectivity index (χ1v) is 27.8. The molecule has 2 aromatic carbocycles. The van der Waals surface area contributed by atoms with E-state index in [0.29, 0.717) is 46.2 Å². The number of aromatic amines is 2. The standard InChI is InChI=1S/C32H43N3O3.C30H40N4O3/c1-6-35(27-13-15-38-16-14-27)30-19-26(12-11-25-9-7-21(2)8-10-25)18-28(24(30)5)31(36)33-20-29-22(3)17-23(4)34-32(29)37;1-5-34(25-10-14-37-15-11-25)28-18-24(7-6-23-8-12-31-13-9-23)17-26(22(28)4)29(35)32-19-27-20(2)16-21(3)33-30(27)36/h17-19,21,25,27H,6-10,13-16,20H2,1-5H3,(H,33,36)(H,34,37);16-18,23,25,31H,5,8-15,19H2,1-4H3,(H,32,35)(H,33,36). The summed E-state index contributed by atoms with van der Waals surface area (Å²) in [6.07, 6.45) is 10.7. The third-order valence-corrected chi connectivity index (χ3v) is 15.8. The summed E-state index contributed by atoms with van der Waals surface area (Å²) >= 11 is 0. The van der Waals surface area contributed by atoms with E-state index < -0.39 is 0 Å². The number of carbonyl (C=O) groups excluding carboxylic acids is 2. The van der Waals surface area contributed by atoms with Gasteiger partial charge in [-0.3, -0.25) is 19.2 Å². The number of nitrogens with one attached hydrogen (secondary N) is 5. The molecule has 0 bridgehead atoms. The number of H-pyrrole nitrogens is 2. The number of aromatic nitrogens is 2. The number of piperidine rings is 1. The molecule has 4 aromatic rings. The average molecular weight is 1020 g/mol. The number of hydrogen-bond donors (Lipinski definition) is 5. The molecule has 0 spiro atoms. The zero-order valence-corrected chi connectivity index (χ0v) is 46.3. The van der Waals surface area contributed by atoms with E-state index in [4.69, 9.17) is 9.47 Å². The number of pyridine rings is 2. The molecule has 1 saturated carbocycles. The fourth-order valence-electron chi connectivity index (χ4n) is 11.3. The van der Waals surface area contributed by atoms with Gasteiger partial charge in [0.15, 0.2) is 0 Å². The van der Waals surface area contributed by atoms with Gasteiger partial charge in [-0.15, -0.1) is 0 Å². The van der Waals surface area contributed by atoms with E-state index in [2.05, 4.69) is 92.3 Å². The Hall–Kier alpha value is -6.12. The Bertz CT molecular complexity index is 2870. The van der Waals surface area contributed by atoms with Gasteiger partial charge in [0.2, 0.25) is 0 Å². The molecule has 75 heavy (non-hydrogen) atoms. The van der Waals surface area contributed by atoms with Crippen LogP contribution in [-0.2, 0) is 22.6 Å². The fourth-order valence-corrected chi connectivity index (χ4v) is 11.3. The average Bonchev–Trinajstić information content (AvgIpc) is 3.40. The van der Waals surface area contributed by atoms with Gasteiger partial charge in [0, 0.05) is 133 Å². The first kappa shape index (κ1) is 56.6. The molecule has 13 nitrogen and oxygen atoms in total. The molecule has 5 N–H and O–H groups in total. The molecule has 2 aromatic heterocycles. The summed E-state index contributed by atoms with van der Waals surface area (Å²) in [6, 6.07) is 12.8. The summed E-state index contributed by atoms with van der Waals surface area (Å²) in [5.41, 5.74) is 11.2. The maximum atomic E-state index is 13.6. The van der Waals surface area contributed by atoms with Crippen molar-refractivity contribution in [3.63, 3.8) is 0 Å². The van der Waals surface area contributed by atoms with Crippen molar-refractivity contribution >= 4 is 23.2 Å². The van der Waals surface area contributed by atoms with Crippen molar-refractivity contribution in [1.29, 1.82) is 0 Å². The van der Waals surface area contributed by atoms with Crippen LogP contribution in [0.15, 0.2) is 46.0 Å². The molecular formula is C62H83N7O6. The number of carbonyl (C=O) groups is 2. The number of ether oxygens (including phenoxy) is 2. The third kappa shape index (κ3) is 15.1. The van der Waals surface area contributed by atoms with Crippen molar-refractivity contribution in [3.05, 3.63) is 124 Å². The molecule has 1 aliphatic carbocycles. The van der Waals surface area contributed by atoms with Gasteiger partial charge in [-0.05, 0) is 197 Å². The molecule has 4 aliphatic rings. The Labute approximate surface area is 446 Å². The first-order chi connectivity index (χ1) is 36.1. The second kappa shape index (κ2) is 27.1. The minimum atomic E-state index is -0.188. The Morgan fingerprint density at radius 3 is 1.36 bits per heavy atom. The van der Waals surface area contributed by atoms with Gasteiger partial charge in [-0.2, -0.15) is 0 Å². The maximum Gasteiger partial charge on any atom is 0.253 e. The largest absolute Gasteiger partial charge is 0.381 e. The van der Waals surface area contributed by atoms with E-state index in [1.54, 1.807) is 0 Å². The van der Waals surface area contributed by atoms with Gasteiger partial charge in [-0.25, -0.2) is 0 Å². The molecule has 8 rings (SSSR count). The molecule has 3 saturated heterocycles. The molecule has 0 radical (unpaired) electrons.